The summed E-state index contributed by atoms with van der Waals surface area (Å²) in [4.78, 5) is 22.8. The number of hydrogen-bond donors (Lipinski definition) is 3. The molecule has 5 nitrogen and oxygen atoms in total. The second-order valence-electron chi connectivity index (χ2n) is 4.59. The third-order valence-corrected chi connectivity index (χ3v) is 3.28. The molecule has 0 radical (unpaired) electrons. The van der Waals surface area contributed by atoms with Gasteiger partial charge in [-0.15, -0.1) is 12.4 Å². The van der Waals surface area contributed by atoms with Gasteiger partial charge in [0.1, 0.15) is 0 Å². The summed E-state index contributed by atoms with van der Waals surface area (Å²) < 4.78 is 0. The highest BCUT2D eigenvalue weighted by Crippen LogP contribution is 2.11. The first-order valence-corrected chi connectivity index (χ1v) is 6.03. The summed E-state index contributed by atoms with van der Waals surface area (Å²) in [5.74, 6) is 0.324. The molecular formula is C11H20ClN3O2. The van der Waals surface area contributed by atoms with Crippen molar-refractivity contribution in [2.24, 2.45) is 5.92 Å². The zero-order valence-corrected chi connectivity index (χ0v) is 10.6. The summed E-state index contributed by atoms with van der Waals surface area (Å²) in [5.41, 5.74) is 0. The molecule has 17 heavy (non-hydrogen) atoms. The summed E-state index contributed by atoms with van der Waals surface area (Å²) in [7, 11) is 0. The highest BCUT2D eigenvalue weighted by atomic mass is 35.5. The lowest BCUT2D eigenvalue weighted by molar-refractivity contribution is -0.128. The maximum Gasteiger partial charge on any atom is 0.224 e. The Labute approximate surface area is 108 Å². The number of amides is 2. The monoisotopic (exact) mass is 261 g/mol. The van der Waals surface area contributed by atoms with Crippen molar-refractivity contribution in [2.75, 3.05) is 19.6 Å². The molecule has 6 heteroatoms. The largest absolute Gasteiger partial charge is 0.354 e. The Balaban J connectivity index is 0.00000144. The molecule has 0 aromatic rings. The van der Waals surface area contributed by atoms with Crippen molar-refractivity contribution in [1.82, 2.24) is 16.0 Å². The fraction of sp³-hybridized carbons (Fsp3) is 0.818. The minimum Gasteiger partial charge on any atom is -0.354 e. The highest BCUT2D eigenvalue weighted by molar-refractivity contribution is 5.85. The van der Waals surface area contributed by atoms with Crippen LogP contribution in [0.4, 0.5) is 0 Å². The Morgan fingerprint density at radius 2 is 2.12 bits per heavy atom. The second-order valence-corrected chi connectivity index (χ2v) is 4.59. The molecule has 2 aliphatic rings. The average molecular weight is 262 g/mol. The van der Waals surface area contributed by atoms with Crippen molar-refractivity contribution in [3.63, 3.8) is 0 Å². The lowest BCUT2D eigenvalue weighted by Crippen LogP contribution is -2.51. The van der Waals surface area contributed by atoms with Crippen LogP contribution in [-0.4, -0.2) is 37.5 Å². The number of hydrogen-bond acceptors (Lipinski definition) is 3. The summed E-state index contributed by atoms with van der Waals surface area (Å²) in [6.07, 6.45) is 3.32. The van der Waals surface area contributed by atoms with Crippen LogP contribution in [0.1, 0.15) is 25.7 Å². The molecule has 0 saturated carbocycles. The van der Waals surface area contributed by atoms with Gasteiger partial charge in [0.25, 0.3) is 0 Å². The first-order valence-electron chi connectivity index (χ1n) is 6.03. The molecule has 2 atom stereocenters. The summed E-state index contributed by atoms with van der Waals surface area (Å²) in [6, 6.07) is 0.118. The average Bonchev–Trinajstić information content (AvgIpc) is 2.33. The fourth-order valence-corrected chi connectivity index (χ4v) is 2.25. The first kappa shape index (κ1) is 14.3. The van der Waals surface area contributed by atoms with E-state index in [9.17, 15) is 9.59 Å². The first-order chi connectivity index (χ1) is 7.75. The van der Waals surface area contributed by atoms with Crippen LogP contribution in [0, 0.1) is 5.92 Å². The number of carbonyl (C=O) groups is 2. The normalized spacial score (nSPS) is 28.8. The van der Waals surface area contributed by atoms with Crippen molar-refractivity contribution >= 4 is 24.2 Å². The summed E-state index contributed by atoms with van der Waals surface area (Å²) in [5, 5.41) is 9.02. The lowest BCUT2D eigenvalue weighted by Gasteiger charge is -2.27. The van der Waals surface area contributed by atoms with Crippen LogP contribution < -0.4 is 16.0 Å². The van der Waals surface area contributed by atoms with Crippen LogP contribution in [0.2, 0.25) is 0 Å². The van der Waals surface area contributed by atoms with Gasteiger partial charge in [-0.25, -0.2) is 0 Å². The van der Waals surface area contributed by atoms with Gasteiger partial charge in [0, 0.05) is 25.6 Å². The number of halogens is 1. The van der Waals surface area contributed by atoms with Gasteiger partial charge in [0.15, 0.2) is 0 Å². The molecule has 2 heterocycles. The molecule has 0 aromatic heterocycles. The Morgan fingerprint density at radius 1 is 1.29 bits per heavy atom. The maximum absolute atomic E-state index is 11.9. The van der Waals surface area contributed by atoms with E-state index in [1.165, 1.54) is 0 Å². The number of rotatable bonds is 2. The molecule has 2 rings (SSSR count). The topological polar surface area (TPSA) is 70.2 Å². The molecule has 0 aromatic carbocycles. The van der Waals surface area contributed by atoms with Crippen LogP contribution in [0.3, 0.4) is 0 Å². The lowest BCUT2D eigenvalue weighted by atomic mass is 9.97. The second kappa shape index (κ2) is 6.81. The van der Waals surface area contributed by atoms with Gasteiger partial charge >= 0.3 is 0 Å². The number of nitrogens with one attached hydrogen (secondary N) is 3. The van der Waals surface area contributed by atoms with E-state index in [-0.39, 0.29) is 36.2 Å². The maximum atomic E-state index is 11.9. The van der Waals surface area contributed by atoms with Gasteiger partial charge in [-0.05, 0) is 25.8 Å². The van der Waals surface area contributed by atoms with Crippen molar-refractivity contribution in [2.45, 2.75) is 31.7 Å². The molecule has 0 spiro atoms. The molecule has 0 bridgehead atoms. The molecule has 2 fully saturated rings. The van der Waals surface area contributed by atoms with E-state index < -0.39 is 0 Å². The molecule has 98 valence electrons. The van der Waals surface area contributed by atoms with Gasteiger partial charge in [-0.3, -0.25) is 9.59 Å². The molecule has 2 aliphatic heterocycles. The van der Waals surface area contributed by atoms with E-state index in [0.29, 0.717) is 13.0 Å². The van der Waals surface area contributed by atoms with Crippen LogP contribution in [-0.2, 0) is 9.59 Å². The molecular weight excluding hydrogens is 242 g/mol. The fourth-order valence-electron chi connectivity index (χ4n) is 2.25. The van der Waals surface area contributed by atoms with E-state index in [1.807, 2.05) is 0 Å². The van der Waals surface area contributed by atoms with Crippen molar-refractivity contribution in [1.29, 1.82) is 0 Å². The van der Waals surface area contributed by atoms with E-state index >= 15 is 0 Å². The van der Waals surface area contributed by atoms with Crippen molar-refractivity contribution in [3.05, 3.63) is 0 Å². The molecule has 2 saturated heterocycles. The molecule has 3 N–H and O–H groups in total. The zero-order valence-electron chi connectivity index (χ0n) is 9.83. The summed E-state index contributed by atoms with van der Waals surface area (Å²) >= 11 is 0. The van der Waals surface area contributed by atoms with E-state index in [0.717, 1.165) is 32.4 Å². The standard InChI is InChI=1S/C11H19N3O2.ClH/c15-10-4-3-9(7-13-10)14-11(16)8-2-1-5-12-6-8;/h8-9,12H,1-7H2,(H,13,15)(H,14,16);1H. The highest BCUT2D eigenvalue weighted by Gasteiger charge is 2.25. The zero-order chi connectivity index (χ0) is 11.4. The SMILES string of the molecule is Cl.O=C1CCC(NC(=O)C2CCCNC2)CN1. The Bertz CT molecular complexity index is 270. The minimum atomic E-state index is 0. The Kier molecular flexibility index (Phi) is 5.71. The van der Waals surface area contributed by atoms with E-state index in [4.69, 9.17) is 0 Å². The minimum absolute atomic E-state index is 0. The molecule has 0 aliphatic carbocycles. The van der Waals surface area contributed by atoms with Crippen LogP contribution in [0.15, 0.2) is 0 Å². The van der Waals surface area contributed by atoms with Gasteiger partial charge in [0.05, 0.1) is 5.92 Å². The van der Waals surface area contributed by atoms with E-state index in [1.54, 1.807) is 0 Å². The van der Waals surface area contributed by atoms with E-state index in [2.05, 4.69) is 16.0 Å². The van der Waals surface area contributed by atoms with Crippen LogP contribution >= 0.6 is 12.4 Å². The molecule has 2 amide bonds. The van der Waals surface area contributed by atoms with Gasteiger partial charge < -0.3 is 16.0 Å². The quantitative estimate of drug-likeness (QED) is 0.645. The van der Waals surface area contributed by atoms with Crippen molar-refractivity contribution in [3.8, 4) is 0 Å². The van der Waals surface area contributed by atoms with Gasteiger partial charge in [0.2, 0.25) is 11.8 Å². The van der Waals surface area contributed by atoms with Crippen LogP contribution in [0.25, 0.3) is 0 Å². The Hall–Kier alpha value is -0.810. The number of carbonyl (C=O) groups excluding carboxylic acids is 2. The van der Waals surface area contributed by atoms with Crippen LogP contribution in [0.5, 0.6) is 0 Å². The Morgan fingerprint density at radius 3 is 2.71 bits per heavy atom. The summed E-state index contributed by atoms with van der Waals surface area (Å²) in [6.45, 7) is 2.37. The smallest absolute Gasteiger partial charge is 0.224 e. The van der Waals surface area contributed by atoms with Crippen molar-refractivity contribution < 1.29 is 9.59 Å². The number of piperidine rings is 2. The van der Waals surface area contributed by atoms with Gasteiger partial charge in [-0.1, -0.05) is 0 Å². The molecule has 2 unspecified atom stereocenters. The third-order valence-electron chi connectivity index (χ3n) is 3.28. The third kappa shape index (κ3) is 4.16. The predicted octanol–water partition coefficient (Wildman–Crippen LogP) is -0.197. The van der Waals surface area contributed by atoms with Gasteiger partial charge in [-0.2, -0.15) is 0 Å². The predicted molar refractivity (Wildman–Crippen MR) is 67.0 cm³/mol.